The van der Waals surface area contributed by atoms with Gasteiger partial charge >= 0.3 is 5.97 Å². The molecule has 0 saturated carbocycles. The number of carbonyl (C=O) groups excluding carboxylic acids is 3. The Balaban J connectivity index is 2.63. The molecule has 2 atom stereocenters. The largest absolute Gasteiger partial charge is 0.468 e. The van der Waals surface area contributed by atoms with Crippen molar-refractivity contribution in [1.82, 2.24) is 0 Å². The molecule has 78 valence electrons. The lowest BCUT2D eigenvalue weighted by molar-refractivity contribution is -0.153. The van der Waals surface area contributed by atoms with Gasteiger partial charge < -0.3 is 14.3 Å². The number of hydrogen-bond donors (Lipinski definition) is 0. The van der Waals surface area contributed by atoms with Crippen LogP contribution in [0.5, 0.6) is 0 Å². The SMILES string of the molecule is COC(=O)C(C=O)C(=O)C1CCCO1. The standard InChI is InChI=1S/C9H12O5/c1-13-9(12)6(5-10)8(11)7-3-2-4-14-7/h5-7H,2-4H2,1H3. The summed E-state index contributed by atoms with van der Waals surface area (Å²) in [6.07, 6.45) is 1.03. The first kappa shape index (κ1) is 10.8. The number of rotatable bonds is 4. The molecule has 2 unspecified atom stereocenters. The molecule has 5 nitrogen and oxygen atoms in total. The van der Waals surface area contributed by atoms with Gasteiger partial charge in [-0.05, 0) is 12.8 Å². The molecule has 0 N–H and O–H groups in total. The van der Waals surface area contributed by atoms with E-state index in [-0.39, 0.29) is 0 Å². The first-order valence-electron chi connectivity index (χ1n) is 4.39. The fourth-order valence-electron chi connectivity index (χ4n) is 1.37. The Morgan fingerprint density at radius 2 is 2.29 bits per heavy atom. The second kappa shape index (κ2) is 4.85. The number of hydrogen-bond acceptors (Lipinski definition) is 5. The molecule has 0 aromatic rings. The van der Waals surface area contributed by atoms with Crippen LogP contribution in [0.25, 0.3) is 0 Å². The van der Waals surface area contributed by atoms with Crippen LogP contribution >= 0.6 is 0 Å². The predicted molar refractivity (Wildman–Crippen MR) is 45.6 cm³/mol. The summed E-state index contributed by atoms with van der Waals surface area (Å²) in [5.41, 5.74) is 0. The zero-order valence-electron chi connectivity index (χ0n) is 7.89. The second-order valence-corrected chi connectivity index (χ2v) is 3.04. The minimum atomic E-state index is -1.33. The van der Waals surface area contributed by atoms with E-state index < -0.39 is 23.8 Å². The van der Waals surface area contributed by atoms with Crippen LogP contribution in [0.3, 0.4) is 0 Å². The fraction of sp³-hybridized carbons (Fsp3) is 0.667. The van der Waals surface area contributed by atoms with Crippen molar-refractivity contribution in [1.29, 1.82) is 0 Å². The molecule has 1 rings (SSSR count). The van der Waals surface area contributed by atoms with Gasteiger partial charge in [0.25, 0.3) is 0 Å². The molecule has 1 fully saturated rings. The van der Waals surface area contributed by atoms with E-state index in [1.54, 1.807) is 0 Å². The van der Waals surface area contributed by atoms with E-state index in [1.165, 1.54) is 0 Å². The average molecular weight is 200 g/mol. The van der Waals surface area contributed by atoms with Gasteiger partial charge in [0.2, 0.25) is 0 Å². The van der Waals surface area contributed by atoms with Crippen molar-refractivity contribution < 1.29 is 23.9 Å². The Kier molecular flexibility index (Phi) is 3.76. The Labute approximate surface area is 81.4 Å². The Morgan fingerprint density at radius 1 is 1.57 bits per heavy atom. The van der Waals surface area contributed by atoms with Crippen molar-refractivity contribution in [3.05, 3.63) is 0 Å². The maximum Gasteiger partial charge on any atom is 0.323 e. The Bertz CT molecular complexity index is 242. The predicted octanol–water partition coefficient (Wildman–Crippen LogP) is -0.277. The smallest absolute Gasteiger partial charge is 0.323 e. The quantitative estimate of drug-likeness (QED) is 0.354. The molecule has 1 heterocycles. The molecule has 0 bridgehead atoms. The monoisotopic (exact) mass is 200 g/mol. The van der Waals surface area contributed by atoms with E-state index in [4.69, 9.17) is 4.74 Å². The lowest BCUT2D eigenvalue weighted by atomic mass is 10.00. The summed E-state index contributed by atoms with van der Waals surface area (Å²) in [6, 6.07) is 0. The molecule has 14 heavy (non-hydrogen) atoms. The Hall–Kier alpha value is -1.23. The third-order valence-electron chi connectivity index (χ3n) is 2.14. The van der Waals surface area contributed by atoms with E-state index in [2.05, 4.69) is 4.74 Å². The van der Waals surface area contributed by atoms with Gasteiger partial charge in [-0.2, -0.15) is 0 Å². The normalized spacial score (nSPS) is 22.8. The molecule has 0 amide bonds. The molecule has 5 heteroatoms. The lowest BCUT2D eigenvalue weighted by Gasteiger charge is -2.11. The van der Waals surface area contributed by atoms with Crippen molar-refractivity contribution >= 4 is 18.0 Å². The summed E-state index contributed by atoms with van der Waals surface area (Å²) in [5, 5.41) is 0. The summed E-state index contributed by atoms with van der Waals surface area (Å²) < 4.78 is 9.41. The topological polar surface area (TPSA) is 69.7 Å². The van der Waals surface area contributed by atoms with Gasteiger partial charge in [-0.15, -0.1) is 0 Å². The number of carbonyl (C=O) groups is 3. The number of Topliss-reactive ketones (excluding diaryl/α,β-unsaturated/α-hetero) is 1. The van der Waals surface area contributed by atoms with Crippen molar-refractivity contribution in [3.63, 3.8) is 0 Å². The van der Waals surface area contributed by atoms with Gasteiger partial charge in [0, 0.05) is 6.61 Å². The maximum absolute atomic E-state index is 11.5. The van der Waals surface area contributed by atoms with Crippen LogP contribution in [0.4, 0.5) is 0 Å². The highest BCUT2D eigenvalue weighted by molar-refractivity contribution is 6.12. The molecular formula is C9H12O5. The summed E-state index contributed by atoms with van der Waals surface area (Å²) in [5.74, 6) is -2.65. The molecule has 0 spiro atoms. The number of methoxy groups -OCH3 is 1. The van der Waals surface area contributed by atoms with Crippen molar-refractivity contribution in [2.75, 3.05) is 13.7 Å². The minimum Gasteiger partial charge on any atom is -0.468 e. The Morgan fingerprint density at radius 3 is 2.71 bits per heavy atom. The molecule has 1 aliphatic heterocycles. The molecule has 0 aromatic carbocycles. The summed E-state index contributed by atoms with van der Waals surface area (Å²) >= 11 is 0. The molecule has 1 aliphatic rings. The first-order chi connectivity index (χ1) is 6.70. The molecular weight excluding hydrogens is 188 g/mol. The summed E-state index contributed by atoms with van der Waals surface area (Å²) in [6.45, 7) is 0.503. The van der Waals surface area contributed by atoms with Crippen LogP contribution in [0, 0.1) is 5.92 Å². The van der Waals surface area contributed by atoms with E-state index in [9.17, 15) is 14.4 Å². The van der Waals surface area contributed by atoms with E-state index in [0.29, 0.717) is 19.3 Å². The van der Waals surface area contributed by atoms with Gasteiger partial charge in [-0.25, -0.2) is 0 Å². The molecule has 0 aliphatic carbocycles. The summed E-state index contributed by atoms with van der Waals surface area (Å²) in [4.78, 5) is 33.1. The van der Waals surface area contributed by atoms with Crippen LogP contribution in [-0.4, -0.2) is 37.9 Å². The van der Waals surface area contributed by atoms with E-state index >= 15 is 0 Å². The third-order valence-corrected chi connectivity index (χ3v) is 2.14. The number of ketones is 1. The number of aldehydes is 1. The van der Waals surface area contributed by atoms with Crippen LogP contribution in [0.2, 0.25) is 0 Å². The van der Waals surface area contributed by atoms with Crippen LogP contribution < -0.4 is 0 Å². The van der Waals surface area contributed by atoms with E-state index in [1.807, 2.05) is 0 Å². The first-order valence-corrected chi connectivity index (χ1v) is 4.39. The molecule has 0 aromatic heterocycles. The second-order valence-electron chi connectivity index (χ2n) is 3.04. The van der Waals surface area contributed by atoms with E-state index in [0.717, 1.165) is 13.5 Å². The van der Waals surface area contributed by atoms with Crippen LogP contribution in [0.1, 0.15) is 12.8 Å². The van der Waals surface area contributed by atoms with Crippen LogP contribution in [-0.2, 0) is 23.9 Å². The maximum atomic E-state index is 11.5. The van der Waals surface area contributed by atoms with Gasteiger partial charge in [0.15, 0.2) is 11.7 Å². The number of ether oxygens (including phenoxy) is 2. The highest BCUT2D eigenvalue weighted by Crippen LogP contribution is 2.16. The zero-order chi connectivity index (χ0) is 10.6. The van der Waals surface area contributed by atoms with Gasteiger partial charge in [-0.3, -0.25) is 9.59 Å². The summed E-state index contributed by atoms with van der Waals surface area (Å²) in [7, 11) is 1.14. The minimum absolute atomic E-state index is 0.301. The molecule has 1 saturated heterocycles. The molecule has 0 radical (unpaired) electrons. The van der Waals surface area contributed by atoms with Crippen molar-refractivity contribution in [3.8, 4) is 0 Å². The van der Waals surface area contributed by atoms with Crippen LogP contribution in [0.15, 0.2) is 0 Å². The van der Waals surface area contributed by atoms with Crippen molar-refractivity contribution in [2.24, 2.45) is 5.92 Å². The number of esters is 1. The highest BCUT2D eigenvalue weighted by atomic mass is 16.5. The van der Waals surface area contributed by atoms with Gasteiger partial charge in [0.05, 0.1) is 7.11 Å². The fourth-order valence-corrected chi connectivity index (χ4v) is 1.37. The third kappa shape index (κ3) is 2.17. The van der Waals surface area contributed by atoms with Crippen molar-refractivity contribution in [2.45, 2.75) is 18.9 Å². The lowest BCUT2D eigenvalue weighted by Crippen LogP contribution is -2.34. The van der Waals surface area contributed by atoms with Gasteiger partial charge in [0.1, 0.15) is 12.4 Å². The average Bonchev–Trinajstić information content (AvgIpc) is 2.71. The highest BCUT2D eigenvalue weighted by Gasteiger charge is 2.35. The van der Waals surface area contributed by atoms with Gasteiger partial charge in [-0.1, -0.05) is 0 Å². The zero-order valence-corrected chi connectivity index (χ0v) is 7.89.